The Kier molecular flexibility index (Phi) is 6.03. The van der Waals surface area contributed by atoms with Gasteiger partial charge in [-0.15, -0.1) is 0 Å². The summed E-state index contributed by atoms with van der Waals surface area (Å²) >= 11 is 0. The van der Waals surface area contributed by atoms with E-state index in [1.165, 1.54) is 0 Å². The van der Waals surface area contributed by atoms with Crippen molar-refractivity contribution in [1.29, 1.82) is 0 Å². The maximum absolute atomic E-state index is 13.0. The van der Waals surface area contributed by atoms with Gasteiger partial charge in [0.05, 0.1) is 33.6 Å². The number of rotatable bonds is 6. The number of hydrogen-bond acceptors (Lipinski definition) is 5. The average molecular weight is 463 g/mol. The van der Waals surface area contributed by atoms with Crippen LogP contribution < -0.4 is 5.32 Å². The highest BCUT2D eigenvalue weighted by molar-refractivity contribution is 7.92. The number of hydrogen-bond donors (Lipinski definition) is 2. The van der Waals surface area contributed by atoms with Crippen molar-refractivity contribution in [1.82, 2.24) is 20.3 Å². The summed E-state index contributed by atoms with van der Waals surface area (Å²) in [7, 11) is -3.35. The lowest BCUT2D eigenvalue weighted by Gasteiger charge is -2.14. The van der Waals surface area contributed by atoms with E-state index in [9.17, 15) is 13.2 Å². The van der Waals surface area contributed by atoms with E-state index in [4.69, 9.17) is 0 Å². The molecule has 1 atom stereocenters. The molecule has 0 bridgehead atoms. The monoisotopic (exact) mass is 462 g/mol. The van der Waals surface area contributed by atoms with Crippen LogP contribution in [-0.4, -0.2) is 34.5 Å². The normalized spacial score (nSPS) is 12.8. The van der Waals surface area contributed by atoms with Gasteiger partial charge in [-0.05, 0) is 45.4 Å². The molecule has 0 aliphatic heterocycles. The molecule has 0 fully saturated rings. The highest BCUT2D eigenvalue weighted by Gasteiger charge is 2.20. The summed E-state index contributed by atoms with van der Waals surface area (Å²) in [4.78, 5) is 25.3. The minimum absolute atomic E-state index is 0.172. The van der Waals surface area contributed by atoms with Crippen LogP contribution in [0.4, 0.5) is 0 Å². The molecule has 33 heavy (non-hydrogen) atoms. The number of sulfone groups is 1. The number of nitrogens with one attached hydrogen (secondary N) is 2. The Hall–Kier alpha value is -3.52. The number of carbonyl (C=O) groups is 1. The number of aromatic nitrogens is 3. The van der Waals surface area contributed by atoms with Crippen LogP contribution in [0.25, 0.3) is 22.4 Å². The molecule has 0 aliphatic rings. The van der Waals surface area contributed by atoms with Gasteiger partial charge in [0, 0.05) is 11.8 Å². The van der Waals surface area contributed by atoms with Crippen molar-refractivity contribution in [2.75, 3.05) is 0 Å². The van der Waals surface area contributed by atoms with Crippen molar-refractivity contribution in [3.63, 3.8) is 0 Å². The van der Waals surface area contributed by atoms with Gasteiger partial charge in [-0.1, -0.05) is 42.0 Å². The van der Waals surface area contributed by atoms with Crippen LogP contribution in [0.5, 0.6) is 0 Å². The first kappa shape index (κ1) is 22.7. The Bertz CT molecular complexity index is 1410. The number of amides is 1. The molecule has 0 saturated carbocycles. The first-order valence-corrected chi connectivity index (χ1v) is 12.3. The third-order valence-electron chi connectivity index (χ3n) is 5.65. The Morgan fingerprint density at radius 3 is 2.30 bits per heavy atom. The van der Waals surface area contributed by atoms with Crippen LogP contribution in [0.3, 0.4) is 0 Å². The lowest BCUT2D eigenvalue weighted by molar-refractivity contribution is 0.0941. The average Bonchev–Trinajstić information content (AvgIpc) is 3.23. The Labute approximate surface area is 193 Å². The molecular formula is C25H26N4O3S. The molecule has 0 spiro atoms. The van der Waals surface area contributed by atoms with Crippen molar-refractivity contribution >= 4 is 26.9 Å². The summed E-state index contributed by atoms with van der Waals surface area (Å²) in [6.07, 6.45) is 3.20. The van der Waals surface area contributed by atoms with E-state index in [-0.39, 0.29) is 16.8 Å². The molecule has 2 N–H and O–H groups in total. The highest BCUT2D eigenvalue weighted by atomic mass is 32.2. The molecule has 0 unspecified atom stereocenters. The van der Waals surface area contributed by atoms with Gasteiger partial charge in [0.2, 0.25) is 0 Å². The van der Waals surface area contributed by atoms with E-state index in [1.54, 1.807) is 50.5 Å². The fourth-order valence-electron chi connectivity index (χ4n) is 3.50. The second-order valence-corrected chi connectivity index (χ2v) is 10.9. The second kappa shape index (κ2) is 8.78. The molecule has 4 aromatic rings. The number of aromatic amines is 1. The Balaban J connectivity index is 1.61. The standard InChI is InChI=1S/C25H26N4O3S/c1-15(2)33(31,32)20-11-9-19(10-12-20)22-14-27-24-23(29-22)21(13-26-24)25(30)28-17(4)18-7-5-16(3)6-8-18/h5-15,17H,1-4H3,(H,26,27)(H,28,30)/t17-/m0/s1. The molecule has 0 aliphatic carbocycles. The number of fused-ring (bicyclic) bond motifs is 1. The van der Waals surface area contributed by atoms with Crippen molar-refractivity contribution < 1.29 is 13.2 Å². The van der Waals surface area contributed by atoms with Gasteiger partial charge in [-0.3, -0.25) is 4.79 Å². The number of nitrogens with zero attached hydrogens (tertiary/aromatic N) is 2. The van der Waals surface area contributed by atoms with E-state index in [0.717, 1.165) is 11.1 Å². The number of aryl methyl sites for hydroxylation is 1. The molecule has 0 radical (unpaired) electrons. The van der Waals surface area contributed by atoms with Gasteiger partial charge >= 0.3 is 0 Å². The second-order valence-electron chi connectivity index (χ2n) is 8.38. The van der Waals surface area contributed by atoms with E-state index < -0.39 is 15.1 Å². The van der Waals surface area contributed by atoms with E-state index in [0.29, 0.717) is 28.0 Å². The predicted octanol–water partition coefficient (Wildman–Crippen LogP) is 4.61. The summed E-state index contributed by atoms with van der Waals surface area (Å²) in [5, 5.41) is 2.51. The van der Waals surface area contributed by atoms with Gasteiger partial charge in [-0.2, -0.15) is 0 Å². The van der Waals surface area contributed by atoms with Crippen LogP contribution >= 0.6 is 0 Å². The van der Waals surface area contributed by atoms with Crippen LogP contribution in [0.15, 0.2) is 65.8 Å². The number of carbonyl (C=O) groups excluding carboxylic acids is 1. The summed E-state index contributed by atoms with van der Waals surface area (Å²) in [5.74, 6) is -0.251. The van der Waals surface area contributed by atoms with Crippen molar-refractivity contribution in [2.45, 2.75) is 43.9 Å². The SMILES string of the molecule is Cc1ccc([C@H](C)NC(=O)c2c[nH]c3ncc(-c4ccc(S(=O)(=O)C(C)C)cc4)nc23)cc1. The topological polar surface area (TPSA) is 105 Å². The Morgan fingerprint density at radius 1 is 1.00 bits per heavy atom. The summed E-state index contributed by atoms with van der Waals surface area (Å²) in [5.41, 5.74) is 4.80. The molecule has 2 heterocycles. The fourth-order valence-corrected chi connectivity index (χ4v) is 4.56. The predicted molar refractivity (Wildman–Crippen MR) is 129 cm³/mol. The molecular weight excluding hydrogens is 436 g/mol. The maximum atomic E-state index is 13.0. The first-order valence-electron chi connectivity index (χ1n) is 10.7. The summed E-state index contributed by atoms with van der Waals surface area (Å²) < 4.78 is 24.7. The molecule has 4 rings (SSSR count). The minimum Gasteiger partial charge on any atom is -0.345 e. The number of H-pyrrole nitrogens is 1. The van der Waals surface area contributed by atoms with Gasteiger partial charge in [-0.25, -0.2) is 18.4 Å². The molecule has 0 saturated heterocycles. The first-order chi connectivity index (χ1) is 15.7. The smallest absolute Gasteiger partial charge is 0.255 e. The summed E-state index contributed by atoms with van der Waals surface area (Å²) in [6.45, 7) is 7.26. The lowest BCUT2D eigenvalue weighted by Crippen LogP contribution is -2.26. The minimum atomic E-state index is -3.35. The largest absolute Gasteiger partial charge is 0.345 e. The van der Waals surface area contributed by atoms with E-state index in [2.05, 4.69) is 20.3 Å². The molecule has 8 heteroatoms. The maximum Gasteiger partial charge on any atom is 0.255 e. The third-order valence-corrected chi connectivity index (χ3v) is 7.82. The van der Waals surface area contributed by atoms with Gasteiger partial charge < -0.3 is 10.3 Å². The molecule has 2 aromatic carbocycles. The van der Waals surface area contributed by atoms with Gasteiger partial charge in [0.15, 0.2) is 15.5 Å². The van der Waals surface area contributed by atoms with Crippen molar-refractivity contribution in [3.8, 4) is 11.3 Å². The zero-order valence-corrected chi connectivity index (χ0v) is 19.8. The van der Waals surface area contributed by atoms with Crippen LogP contribution in [0.2, 0.25) is 0 Å². The summed E-state index contributed by atoms with van der Waals surface area (Å²) in [6, 6.07) is 14.4. The third kappa shape index (κ3) is 4.52. The molecule has 170 valence electrons. The number of benzene rings is 2. The van der Waals surface area contributed by atoms with Gasteiger partial charge in [0.25, 0.3) is 5.91 Å². The molecule has 7 nitrogen and oxygen atoms in total. The highest BCUT2D eigenvalue weighted by Crippen LogP contribution is 2.24. The lowest BCUT2D eigenvalue weighted by atomic mass is 10.1. The van der Waals surface area contributed by atoms with Crippen molar-refractivity contribution in [3.05, 3.63) is 77.6 Å². The van der Waals surface area contributed by atoms with Crippen molar-refractivity contribution in [2.24, 2.45) is 0 Å². The van der Waals surface area contributed by atoms with Gasteiger partial charge in [0.1, 0.15) is 5.52 Å². The van der Waals surface area contributed by atoms with E-state index in [1.807, 2.05) is 38.1 Å². The Morgan fingerprint density at radius 2 is 1.67 bits per heavy atom. The molecule has 1 amide bonds. The van der Waals surface area contributed by atoms with Crippen LogP contribution in [0.1, 0.15) is 48.3 Å². The fraction of sp³-hybridized carbons (Fsp3) is 0.240. The zero-order valence-electron chi connectivity index (χ0n) is 19.0. The van der Waals surface area contributed by atoms with Crippen LogP contribution in [0, 0.1) is 6.92 Å². The van der Waals surface area contributed by atoms with Crippen LogP contribution in [-0.2, 0) is 9.84 Å². The quantitative estimate of drug-likeness (QED) is 0.435. The molecule has 2 aromatic heterocycles. The zero-order chi connectivity index (χ0) is 23.8. The van der Waals surface area contributed by atoms with E-state index >= 15 is 0 Å².